The molecule has 0 unspecified atom stereocenters. The lowest BCUT2D eigenvalue weighted by Crippen LogP contribution is -2.46. The Hall–Kier alpha value is -3.10. The number of piperidine rings is 1. The Morgan fingerprint density at radius 3 is 2.47 bits per heavy atom. The first kappa shape index (κ1) is 24.0. The van der Waals surface area contributed by atoms with Gasteiger partial charge in [0.2, 0.25) is 0 Å². The van der Waals surface area contributed by atoms with E-state index in [1.807, 2.05) is 0 Å². The maximum Gasteiger partial charge on any atom is 0.414 e. The van der Waals surface area contributed by atoms with E-state index in [2.05, 4.69) is 11.6 Å². The first-order valence-corrected chi connectivity index (χ1v) is 11.5. The molecule has 0 spiro atoms. The van der Waals surface area contributed by atoms with Gasteiger partial charge >= 0.3 is 12.1 Å². The van der Waals surface area contributed by atoms with Crippen LogP contribution in [0, 0.1) is 6.92 Å². The molecule has 1 fully saturated rings. The van der Waals surface area contributed by atoms with Gasteiger partial charge in [0.15, 0.2) is 0 Å². The summed E-state index contributed by atoms with van der Waals surface area (Å²) in [5.74, 6) is -1.17. The number of halogens is 2. The molecule has 2 aromatic rings. The number of rotatable bonds is 4. The topological polar surface area (TPSA) is 100 Å². The summed E-state index contributed by atoms with van der Waals surface area (Å²) in [7, 11) is 0. The van der Waals surface area contributed by atoms with E-state index in [0.29, 0.717) is 53.7 Å². The number of likely N-dealkylation sites (tertiary alicyclic amines) is 1. The number of fused-ring (bicyclic) bond motifs is 1. The number of benzene rings is 1. The number of carbonyl (C=O) groups is 3. The van der Waals surface area contributed by atoms with E-state index in [1.165, 1.54) is 6.07 Å². The number of nitrogens with zero attached hydrogens (tertiary/aromatic N) is 3. The monoisotopic (exact) mass is 503 g/mol. The molecular weight excluding hydrogens is 481 g/mol. The van der Waals surface area contributed by atoms with Gasteiger partial charge in [-0.1, -0.05) is 35.8 Å². The molecule has 0 bridgehead atoms. The van der Waals surface area contributed by atoms with Crippen LogP contribution < -0.4 is 0 Å². The SMILES string of the molecule is C=C(C)OC(=O)N1CCC(N2Cc3nc(C)c(C(=O)O)c(-c4ccc(Cl)cc4Cl)c3C2=O)CC1. The van der Waals surface area contributed by atoms with Gasteiger partial charge in [0.25, 0.3) is 5.91 Å². The second kappa shape index (κ2) is 9.27. The lowest BCUT2D eigenvalue weighted by Gasteiger charge is -2.36. The first-order chi connectivity index (χ1) is 16.1. The van der Waals surface area contributed by atoms with Crippen LogP contribution in [0.4, 0.5) is 4.79 Å². The number of aromatic nitrogens is 1. The highest BCUT2D eigenvalue weighted by molar-refractivity contribution is 6.37. The van der Waals surface area contributed by atoms with Crippen molar-refractivity contribution in [2.45, 2.75) is 39.3 Å². The number of hydrogen-bond acceptors (Lipinski definition) is 5. The number of amides is 2. The van der Waals surface area contributed by atoms with Crippen molar-refractivity contribution in [1.29, 1.82) is 0 Å². The van der Waals surface area contributed by atoms with E-state index >= 15 is 0 Å². The fraction of sp³-hybridized carbons (Fsp3) is 0.333. The number of pyridine rings is 1. The molecule has 0 atom stereocenters. The van der Waals surface area contributed by atoms with Crippen molar-refractivity contribution in [3.8, 4) is 11.1 Å². The number of carboxylic acid groups (broad SMARTS) is 1. The highest BCUT2D eigenvalue weighted by atomic mass is 35.5. The number of ether oxygens (including phenoxy) is 1. The average Bonchev–Trinajstić information content (AvgIpc) is 3.08. The van der Waals surface area contributed by atoms with Crippen LogP contribution in [-0.4, -0.2) is 57.0 Å². The minimum absolute atomic E-state index is 0.0597. The number of carbonyl (C=O) groups excluding carboxylic acids is 2. The number of aryl methyl sites for hydroxylation is 1. The highest BCUT2D eigenvalue weighted by Crippen LogP contribution is 2.41. The third-order valence-corrected chi connectivity index (χ3v) is 6.64. The van der Waals surface area contributed by atoms with Gasteiger partial charge in [0, 0.05) is 40.3 Å². The largest absolute Gasteiger partial charge is 0.478 e. The van der Waals surface area contributed by atoms with Crippen molar-refractivity contribution in [3.05, 3.63) is 63.1 Å². The quantitative estimate of drug-likeness (QED) is 0.578. The molecule has 2 aliphatic heterocycles. The summed E-state index contributed by atoms with van der Waals surface area (Å²) < 4.78 is 5.08. The maximum atomic E-state index is 13.6. The Kier molecular flexibility index (Phi) is 6.55. The van der Waals surface area contributed by atoms with E-state index in [-0.39, 0.29) is 40.2 Å². The zero-order valence-corrected chi connectivity index (χ0v) is 20.2. The van der Waals surface area contributed by atoms with E-state index in [0.717, 1.165) is 0 Å². The molecule has 0 aliphatic carbocycles. The zero-order valence-electron chi connectivity index (χ0n) is 18.7. The normalized spacial score (nSPS) is 15.9. The second-order valence-corrected chi connectivity index (χ2v) is 9.26. The average molecular weight is 504 g/mol. The van der Waals surface area contributed by atoms with Crippen molar-refractivity contribution in [1.82, 2.24) is 14.8 Å². The molecule has 10 heteroatoms. The Balaban J connectivity index is 1.68. The number of carboxylic acids is 1. The van der Waals surface area contributed by atoms with Crippen LogP contribution in [0.2, 0.25) is 10.0 Å². The smallest absolute Gasteiger partial charge is 0.414 e. The molecule has 3 heterocycles. The summed E-state index contributed by atoms with van der Waals surface area (Å²) in [5.41, 5.74) is 1.67. The van der Waals surface area contributed by atoms with Gasteiger partial charge in [0.1, 0.15) is 0 Å². The fourth-order valence-corrected chi connectivity index (χ4v) is 5.08. The van der Waals surface area contributed by atoms with E-state index in [1.54, 1.807) is 35.8 Å². The molecule has 8 nitrogen and oxygen atoms in total. The summed E-state index contributed by atoms with van der Waals surface area (Å²) in [5, 5.41) is 10.6. The third-order valence-electron chi connectivity index (χ3n) is 6.09. The number of hydrogen-bond donors (Lipinski definition) is 1. The number of allylic oxidation sites excluding steroid dienone is 1. The molecule has 1 saturated heterocycles. The van der Waals surface area contributed by atoms with Gasteiger partial charge in [-0.3, -0.25) is 9.78 Å². The Morgan fingerprint density at radius 2 is 1.88 bits per heavy atom. The predicted molar refractivity (Wildman–Crippen MR) is 127 cm³/mol. The third kappa shape index (κ3) is 4.35. The molecule has 34 heavy (non-hydrogen) atoms. The molecule has 1 N–H and O–H groups in total. The summed E-state index contributed by atoms with van der Waals surface area (Å²) >= 11 is 12.5. The van der Waals surface area contributed by atoms with Crippen molar-refractivity contribution in [2.24, 2.45) is 0 Å². The van der Waals surface area contributed by atoms with Gasteiger partial charge in [-0.05, 0) is 38.8 Å². The molecule has 0 saturated carbocycles. The highest BCUT2D eigenvalue weighted by Gasteiger charge is 2.40. The van der Waals surface area contributed by atoms with Crippen LogP contribution >= 0.6 is 23.2 Å². The molecule has 2 aliphatic rings. The summed E-state index contributed by atoms with van der Waals surface area (Å²) in [4.78, 5) is 45.7. The van der Waals surface area contributed by atoms with Crippen molar-refractivity contribution in [3.63, 3.8) is 0 Å². The van der Waals surface area contributed by atoms with Crippen LogP contribution in [0.25, 0.3) is 11.1 Å². The molecule has 178 valence electrons. The van der Waals surface area contributed by atoms with Gasteiger partial charge < -0.3 is 19.6 Å². The zero-order chi connectivity index (χ0) is 24.7. The van der Waals surface area contributed by atoms with Gasteiger partial charge in [-0.15, -0.1) is 0 Å². The van der Waals surface area contributed by atoms with E-state index < -0.39 is 12.1 Å². The molecule has 0 radical (unpaired) electrons. The Morgan fingerprint density at radius 1 is 1.21 bits per heavy atom. The molecular formula is C24H23Cl2N3O5. The Labute approximate surface area is 206 Å². The molecule has 4 rings (SSSR count). The minimum atomic E-state index is -1.19. The maximum absolute atomic E-state index is 13.6. The molecule has 1 aromatic heterocycles. The van der Waals surface area contributed by atoms with Gasteiger partial charge in [0.05, 0.1) is 34.8 Å². The second-order valence-electron chi connectivity index (χ2n) is 8.42. The predicted octanol–water partition coefficient (Wildman–Crippen LogP) is 5.15. The summed E-state index contributed by atoms with van der Waals surface area (Å²) in [6.07, 6.45) is 0.671. The fourth-order valence-electron chi connectivity index (χ4n) is 4.58. The van der Waals surface area contributed by atoms with E-state index in [4.69, 9.17) is 27.9 Å². The van der Waals surface area contributed by atoms with Crippen LogP contribution in [-0.2, 0) is 11.3 Å². The first-order valence-electron chi connectivity index (χ1n) is 10.7. The standard InChI is InChI=1S/C24H23Cl2N3O5/c1-12(2)34-24(33)28-8-6-15(7-9-28)29-11-18-21(22(29)30)20(19(23(31)32)13(3)27-18)16-5-4-14(25)10-17(16)26/h4-5,10,15H,1,6-9,11H2,2-3H3,(H,31,32). The van der Waals surface area contributed by atoms with E-state index in [9.17, 15) is 19.5 Å². The molecule has 1 aromatic carbocycles. The summed E-state index contributed by atoms with van der Waals surface area (Å²) in [6, 6.07) is 4.61. The van der Waals surface area contributed by atoms with Crippen LogP contribution in [0.1, 0.15) is 51.9 Å². The van der Waals surface area contributed by atoms with Crippen LogP contribution in [0.3, 0.4) is 0 Å². The molecule has 2 amide bonds. The van der Waals surface area contributed by atoms with Gasteiger partial charge in [-0.2, -0.15) is 0 Å². The number of aromatic carboxylic acids is 1. The van der Waals surface area contributed by atoms with Crippen molar-refractivity contribution >= 4 is 41.2 Å². The van der Waals surface area contributed by atoms with Gasteiger partial charge in [-0.25, -0.2) is 9.59 Å². The van der Waals surface area contributed by atoms with Crippen LogP contribution in [0.5, 0.6) is 0 Å². The van der Waals surface area contributed by atoms with Crippen molar-refractivity contribution < 1.29 is 24.2 Å². The van der Waals surface area contributed by atoms with Crippen LogP contribution in [0.15, 0.2) is 30.5 Å². The lowest BCUT2D eigenvalue weighted by molar-refractivity contribution is 0.0584. The lowest BCUT2D eigenvalue weighted by atomic mass is 9.93. The Bertz CT molecular complexity index is 1220. The minimum Gasteiger partial charge on any atom is -0.478 e. The van der Waals surface area contributed by atoms with Crippen molar-refractivity contribution in [2.75, 3.05) is 13.1 Å². The summed E-state index contributed by atoms with van der Waals surface area (Å²) in [6.45, 7) is 7.92.